The first kappa shape index (κ1) is 38.3. The Kier molecular flexibility index (Phi) is 14.8. The molecule has 2 aromatic rings. The molecule has 2 aromatic carbocycles. The number of nitrogens with one attached hydrogen (secondary N) is 2. The van der Waals surface area contributed by atoms with Crippen LogP contribution in [0.5, 0.6) is 5.75 Å². The molecule has 0 aromatic heterocycles. The summed E-state index contributed by atoms with van der Waals surface area (Å²) in [4.78, 5) is 42.8. The quantitative estimate of drug-likeness (QED) is 0.202. The lowest BCUT2D eigenvalue weighted by Gasteiger charge is -2.41. The zero-order valence-electron chi connectivity index (χ0n) is 29.5. The van der Waals surface area contributed by atoms with Gasteiger partial charge in [0.15, 0.2) is 0 Å². The van der Waals surface area contributed by atoms with Gasteiger partial charge < -0.3 is 45.0 Å². The number of ether oxygens (including phenoxy) is 5. The van der Waals surface area contributed by atoms with Crippen LogP contribution in [0.25, 0.3) is 0 Å². The van der Waals surface area contributed by atoms with E-state index in [0.717, 1.165) is 36.0 Å². The third kappa shape index (κ3) is 11.2. The van der Waals surface area contributed by atoms with E-state index in [1.807, 2.05) is 51.1 Å². The molecule has 0 saturated heterocycles. The molecule has 12 nitrogen and oxygen atoms in total. The molecule has 1 aliphatic carbocycles. The molecule has 1 aliphatic heterocycles. The Bertz CT molecular complexity index is 1380. The summed E-state index contributed by atoms with van der Waals surface area (Å²) >= 11 is 0. The molecule has 1 unspecified atom stereocenters. The van der Waals surface area contributed by atoms with Crippen LogP contribution in [-0.4, -0.2) is 101 Å². The van der Waals surface area contributed by atoms with Crippen LogP contribution < -0.4 is 21.1 Å². The summed E-state index contributed by atoms with van der Waals surface area (Å²) in [6.45, 7) is 9.33. The zero-order valence-corrected chi connectivity index (χ0v) is 29.5. The molecule has 3 amide bonds. The summed E-state index contributed by atoms with van der Waals surface area (Å²) in [5.41, 5.74) is 8.99. The molecule has 0 spiro atoms. The van der Waals surface area contributed by atoms with E-state index in [2.05, 4.69) is 22.8 Å². The minimum Gasteiger partial charge on any atom is -0.491 e. The number of carbonyl (C=O) groups is 3. The fraction of sp³-hybridized carbons (Fsp3) is 0.595. The van der Waals surface area contributed by atoms with E-state index in [9.17, 15) is 14.4 Å². The maximum atomic E-state index is 14.4. The summed E-state index contributed by atoms with van der Waals surface area (Å²) < 4.78 is 27.4. The lowest BCUT2D eigenvalue weighted by Crippen LogP contribution is -2.61. The number of aryl methyl sites for hydroxylation is 1. The molecule has 4 rings (SSSR count). The molecule has 49 heavy (non-hydrogen) atoms. The number of carbonyl (C=O) groups excluding carboxylic acids is 3. The molecule has 0 radical (unpaired) electrons. The van der Waals surface area contributed by atoms with Crippen LogP contribution in [0.3, 0.4) is 0 Å². The first-order valence-corrected chi connectivity index (χ1v) is 17.3. The van der Waals surface area contributed by atoms with Gasteiger partial charge >= 0.3 is 0 Å². The SMILES string of the molecule is COCC(=O)N[C@H](C(=O)N1Cc2cc(OCCOCCOCCOCCN)ccc2CC1C(=O)N[C@@H]1CCCc2ccccc21)C(C)(C)C. The van der Waals surface area contributed by atoms with E-state index in [1.165, 1.54) is 12.7 Å². The van der Waals surface area contributed by atoms with Crippen molar-refractivity contribution in [1.29, 1.82) is 0 Å². The topological polar surface area (TPSA) is 151 Å². The second-order valence-electron chi connectivity index (χ2n) is 13.5. The van der Waals surface area contributed by atoms with Gasteiger partial charge in [-0.05, 0) is 59.1 Å². The van der Waals surface area contributed by atoms with Gasteiger partial charge in [0.2, 0.25) is 17.7 Å². The molecule has 0 fully saturated rings. The molecule has 270 valence electrons. The average molecular weight is 683 g/mol. The van der Waals surface area contributed by atoms with Gasteiger partial charge in [0.05, 0.1) is 45.7 Å². The van der Waals surface area contributed by atoms with E-state index in [1.54, 1.807) is 4.90 Å². The van der Waals surface area contributed by atoms with Crippen molar-refractivity contribution in [2.24, 2.45) is 11.1 Å². The molecule has 12 heteroatoms. The van der Waals surface area contributed by atoms with Crippen LogP contribution in [-0.2, 0) is 52.7 Å². The van der Waals surface area contributed by atoms with E-state index in [0.29, 0.717) is 65.0 Å². The number of amides is 3. The van der Waals surface area contributed by atoms with Crippen LogP contribution in [0.4, 0.5) is 0 Å². The third-order valence-corrected chi connectivity index (χ3v) is 8.78. The van der Waals surface area contributed by atoms with Crippen LogP contribution >= 0.6 is 0 Å². The molecule has 3 atom stereocenters. The second-order valence-corrected chi connectivity index (χ2v) is 13.5. The zero-order chi connectivity index (χ0) is 35.2. The number of hydrogen-bond donors (Lipinski definition) is 3. The number of rotatable bonds is 18. The highest BCUT2D eigenvalue weighted by molar-refractivity contribution is 5.93. The number of methoxy groups -OCH3 is 1. The fourth-order valence-corrected chi connectivity index (χ4v) is 6.28. The minimum atomic E-state index is -0.874. The van der Waals surface area contributed by atoms with Crippen molar-refractivity contribution in [2.75, 3.05) is 66.5 Å². The van der Waals surface area contributed by atoms with E-state index in [4.69, 9.17) is 29.4 Å². The van der Waals surface area contributed by atoms with Gasteiger partial charge in [0.25, 0.3) is 0 Å². The molecule has 1 heterocycles. The van der Waals surface area contributed by atoms with Crippen LogP contribution in [0, 0.1) is 5.41 Å². The highest BCUT2D eigenvalue weighted by Gasteiger charge is 2.42. The van der Waals surface area contributed by atoms with Crippen molar-refractivity contribution >= 4 is 17.7 Å². The lowest BCUT2D eigenvalue weighted by molar-refractivity contribution is -0.147. The Morgan fingerprint density at radius 1 is 0.918 bits per heavy atom. The van der Waals surface area contributed by atoms with Crippen molar-refractivity contribution < 1.29 is 38.1 Å². The summed E-state index contributed by atoms with van der Waals surface area (Å²) in [6, 6.07) is 12.2. The maximum Gasteiger partial charge on any atom is 0.246 e. The maximum absolute atomic E-state index is 14.4. The Labute approximate surface area is 290 Å². The second kappa shape index (κ2) is 19.0. The van der Waals surface area contributed by atoms with E-state index in [-0.39, 0.29) is 31.0 Å². The fourth-order valence-electron chi connectivity index (χ4n) is 6.28. The largest absolute Gasteiger partial charge is 0.491 e. The third-order valence-electron chi connectivity index (χ3n) is 8.78. The van der Waals surface area contributed by atoms with Gasteiger partial charge in [-0.1, -0.05) is 51.1 Å². The number of hydrogen-bond acceptors (Lipinski definition) is 9. The standard InChI is InChI=1S/C37H54N4O8/c1-37(2,3)34(40-33(42)25-45-4)36(44)41-24-28-22-29(49-21-20-48-19-18-47-17-16-46-15-14-38)13-12-27(28)23-32(41)35(43)39-31-11-7-9-26-8-5-6-10-30(26)31/h5-6,8,10,12-13,22,31-32,34H,7,9,11,14-21,23-25,38H2,1-4H3,(H,39,43)(H,40,42)/t31-,32?,34-/m1/s1. The predicted molar refractivity (Wildman–Crippen MR) is 185 cm³/mol. The van der Waals surface area contributed by atoms with Gasteiger partial charge in [0.1, 0.15) is 31.0 Å². The van der Waals surface area contributed by atoms with Crippen LogP contribution in [0.1, 0.15) is 61.9 Å². The predicted octanol–water partition coefficient (Wildman–Crippen LogP) is 2.70. The highest BCUT2D eigenvalue weighted by Crippen LogP contribution is 2.33. The minimum absolute atomic E-state index is 0.129. The van der Waals surface area contributed by atoms with Crippen LogP contribution in [0.2, 0.25) is 0 Å². The molecule has 0 saturated carbocycles. The summed E-state index contributed by atoms with van der Waals surface area (Å²) in [5.74, 6) is -0.277. The van der Waals surface area contributed by atoms with Crippen LogP contribution in [0.15, 0.2) is 42.5 Å². The summed E-state index contributed by atoms with van der Waals surface area (Å²) in [6.07, 6.45) is 3.13. The molecule has 2 aliphatic rings. The Hall–Kier alpha value is -3.55. The van der Waals surface area contributed by atoms with E-state index >= 15 is 0 Å². The molecular weight excluding hydrogens is 628 g/mol. The summed E-state index contributed by atoms with van der Waals surface area (Å²) in [5, 5.41) is 6.14. The summed E-state index contributed by atoms with van der Waals surface area (Å²) in [7, 11) is 1.43. The first-order valence-electron chi connectivity index (χ1n) is 17.3. The number of nitrogens with two attached hydrogens (primary N) is 1. The molecular formula is C37H54N4O8. The van der Waals surface area contributed by atoms with Crippen molar-refractivity contribution in [2.45, 2.75) is 71.1 Å². The van der Waals surface area contributed by atoms with Crippen molar-refractivity contribution in [3.63, 3.8) is 0 Å². The Morgan fingerprint density at radius 2 is 1.61 bits per heavy atom. The smallest absolute Gasteiger partial charge is 0.246 e. The number of fused-ring (bicyclic) bond motifs is 2. The van der Waals surface area contributed by atoms with Gasteiger partial charge in [-0.15, -0.1) is 0 Å². The van der Waals surface area contributed by atoms with Gasteiger partial charge in [-0.25, -0.2) is 0 Å². The molecule has 0 bridgehead atoms. The Balaban J connectivity index is 1.45. The van der Waals surface area contributed by atoms with Gasteiger partial charge in [-0.2, -0.15) is 0 Å². The monoisotopic (exact) mass is 682 g/mol. The van der Waals surface area contributed by atoms with Gasteiger partial charge in [-0.3, -0.25) is 14.4 Å². The average Bonchev–Trinajstić information content (AvgIpc) is 3.08. The molecule has 4 N–H and O–H groups in total. The van der Waals surface area contributed by atoms with E-state index < -0.39 is 23.4 Å². The highest BCUT2D eigenvalue weighted by atomic mass is 16.6. The normalized spacial score (nSPS) is 17.9. The van der Waals surface area contributed by atoms with Crippen molar-refractivity contribution in [1.82, 2.24) is 15.5 Å². The van der Waals surface area contributed by atoms with Crippen molar-refractivity contribution in [3.8, 4) is 5.75 Å². The lowest BCUT2D eigenvalue weighted by atomic mass is 9.84. The number of nitrogens with zero attached hydrogens (tertiary/aromatic N) is 1. The number of benzene rings is 2. The Morgan fingerprint density at radius 3 is 2.31 bits per heavy atom. The van der Waals surface area contributed by atoms with Crippen molar-refractivity contribution in [3.05, 3.63) is 64.7 Å². The first-order chi connectivity index (χ1) is 23.6. The van der Waals surface area contributed by atoms with Gasteiger partial charge in [0, 0.05) is 26.6 Å².